The van der Waals surface area contributed by atoms with Gasteiger partial charge in [0, 0.05) is 24.4 Å². The molecule has 7 N–H and O–H groups in total. The lowest BCUT2D eigenvalue weighted by atomic mass is 10.1. The molecule has 0 aliphatic heterocycles. The maximum Gasteiger partial charge on any atom is 0.432 e. The summed E-state index contributed by atoms with van der Waals surface area (Å²) in [6, 6.07) is 11.6. The van der Waals surface area contributed by atoms with Crippen molar-refractivity contribution in [1.29, 1.82) is 5.41 Å². The van der Waals surface area contributed by atoms with Crippen molar-refractivity contribution in [3.05, 3.63) is 72.1 Å². The first-order chi connectivity index (χ1) is 15.7. The fraction of sp³-hybridized carbons (Fsp3) is 0.143. The zero-order chi connectivity index (χ0) is 25.7. The van der Waals surface area contributed by atoms with Gasteiger partial charge in [0.25, 0.3) is 0 Å². The van der Waals surface area contributed by atoms with Crippen LogP contribution in [0.1, 0.15) is 12.5 Å². The SMILES string of the molecule is CC(=O)Nc1ccccc1/C(N)=C/N(N)c1ccc(N/C(=C\C(=N)C(F)(F)F)C(F)(F)F)cc1. The molecule has 0 saturated heterocycles. The number of anilines is 3. The zero-order valence-electron chi connectivity index (χ0n) is 17.6. The van der Waals surface area contributed by atoms with E-state index < -0.39 is 23.8 Å². The molecule has 0 aliphatic carbocycles. The summed E-state index contributed by atoms with van der Waals surface area (Å²) < 4.78 is 76.7. The first-order valence-electron chi connectivity index (χ1n) is 9.38. The number of benzene rings is 2. The Bertz CT molecular complexity index is 1110. The molecule has 34 heavy (non-hydrogen) atoms. The van der Waals surface area contributed by atoms with Gasteiger partial charge < -0.3 is 16.4 Å². The molecule has 0 heterocycles. The van der Waals surface area contributed by atoms with Crippen LogP contribution in [0.5, 0.6) is 0 Å². The largest absolute Gasteiger partial charge is 0.432 e. The van der Waals surface area contributed by atoms with Gasteiger partial charge in [0.1, 0.15) is 11.4 Å². The normalized spacial score (nSPS) is 12.8. The van der Waals surface area contributed by atoms with Gasteiger partial charge >= 0.3 is 12.4 Å². The van der Waals surface area contributed by atoms with Crippen LogP contribution in [-0.2, 0) is 4.79 Å². The van der Waals surface area contributed by atoms with E-state index >= 15 is 0 Å². The molecule has 2 aromatic rings. The Balaban J connectivity index is 2.24. The third kappa shape index (κ3) is 7.27. The number of carbonyl (C=O) groups excluding carboxylic acids is 1. The monoisotopic (exact) mass is 486 g/mol. The molecule has 0 saturated carbocycles. The number of allylic oxidation sites excluding steroid dienone is 2. The minimum atomic E-state index is -5.23. The summed E-state index contributed by atoms with van der Waals surface area (Å²) >= 11 is 0. The second-order valence-electron chi connectivity index (χ2n) is 6.86. The quantitative estimate of drug-likeness (QED) is 0.168. The van der Waals surface area contributed by atoms with Crippen molar-refractivity contribution in [1.82, 2.24) is 0 Å². The summed E-state index contributed by atoms with van der Waals surface area (Å²) in [5.41, 5.74) is 3.32. The predicted molar refractivity (Wildman–Crippen MR) is 118 cm³/mol. The van der Waals surface area contributed by atoms with Gasteiger partial charge in [0.2, 0.25) is 5.91 Å². The number of para-hydroxylation sites is 1. The Morgan fingerprint density at radius 3 is 2.09 bits per heavy atom. The number of carbonyl (C=O) groups is 1. The van der Waals surface area contributed by atoms with Gasteiger partial charge in [-0.2, -0.15) is 26.3 Å². The van der Waals surface area contributed by atoms with Crippen molar-refractivity contribution in [2.45, 2.75) is 19.3 Å². The average Bonchev–Trinajstić information content (AvgIpc) is 2.72. The summed E-state index contributed by atoms with van der Waals surface area (Å²) in [4.78, 5) is 11.4. The Morgan fingerprint density at radius 2 is 1.56 bits per heavy atom. The number of amides is 1. The van der Waals surface area contributed by atoms with Crippen LogP contribution in [0.25, 0.3) is 5.70 Å². The van der Waals surface area contributed by atoms with Crippen molar-refractivity contribution in [2.75, 3.05) is 15.6 Å². The lowest BCUT2D eigenvalue weighted by molar-refractivity contribution is -0.114. The highest BCUT2D eigenvalue weighted by atomic mass is 19.4. The highest BCUT2D eigenvalue weighted by Crippen LogP contribution is 2.30. The topological polar surface area (TPSA) is 120 Å². The van der Waals surface area contributed by atoms with E-state index in [9.17, 15) is 31.1 Å². The fourth-order valence-electron chi connectivity index (χ4n) is 2.61. The number of hydrogen-bond donors (Lipinski definition) is 5. The van der Waals surface area contributed by atoms with Crippen molar-refractivity contribution in [3.8, 4) is 0 Å². The molecular weight excluding hydrogens is 466 g/mol. The van der Waals surface area contributed by atoms with Crippen molar-refractivity contribution in [2.24, 2.45) is 11.6 Å². The van der Waals surface area contributed by atoms with Gasteiger partial charge in [-0.25, -0.2) is 5.84 Å². The maximum atomic E-state index is 13.1. The van der Waals surface area contributed by atoms with Crippen molar-refractivity contribution >= 4 is 34.4 Å². The van der Waals surface area contributed by atoms with Crippen LogP contribution in [0.15, 0.2) is 66.5 Å². The fourth-order valence-corrected chi connectivity index (χ4v) is 2.61. The molecule has 13 heteroatoms. The molecule has 0 radical (unpaired) electrons. The van der Waals surface area contributed by atoms with Crippen LogP contribution in [0, 0.1) is 5.41 Å². The van der Waals surface area contributed by atoms with Gasteiger partial charge in [-0.3, -0.25) is 15.2 Å². The summed E-state index contributed by atoms with van der Waals surface area (Å²) in [7, 11) is 0. The number of nitrogens with one attached hydrogen (secondary N) is 3. The highest BCUT2D eigenvalue weighted by Gasteiger charge is 2.39. The van der Waals surface area contributed by atoms with Crippen LogP contribution in [0.4, 0.5) is 43.4 Å². The molecule has 0 fully saturated rings. The van der Waals surface area contributed by atoms with E-state index in [1.165, 1.54) is 25.3 Å². The third-order valence-electron chi connectivity index (χ3n) is 4.17. The second kappa shape index (κ2) is 10.3. The number of nitrogens with two attached hydrogens (primary N) is 2. The summed E-state index contributed by atoms with van der Waals surface area (Å²) in [6.07, 6.45) is -9.41. The average molecular weight is 486 g/mol. The van der Waals surface area contributed by atoms with Crippen LogP contribution in [0.3, 0.4) is 0 Å². The molecule has 0 aromatic heterocycles. The molecule has 0 bridgehead atoms. The number of hydrazine groups is 1. The van der Waals surface area contributed by atoms with Crippen LogP contribution in [-0.4, -0.2) is 24.0 Å². The molecule has 1 amide bonds. The predicted octanol–water partition coefficient (Wildman–Crippen LogP) is 4.72. The standard InChI is InChI=1S/C21H20F6N6O/c1-12(34)31-17-5-3-2-4-15(17)16(28)11-33(30)14-8-6-13(7-9-14)32-19(21(25,26)27)10-18(29)20(22,23)24/h2-11,29,32H,28,30H2,1H3,(H,31,34)/b16-11-,19-10-,29-18?. The summed E-state index contributed by atoms with van der Waals surface area (Å²) in [6.45, 7) is 1.33. The molecule has 2 rings (SSSR count). The molecule has 0 aliphatic rings. The Morgan fingerprint density at radius 1 is 0.971 bits per heavy atom. The number of rotatable bonds is 7. The summed E-state index contributed by atoms with van der Waals surface area (Å²) in [5, 5.41) is 12.3. The van der Waals surface area contributed by atoms with Crippen LogP contribution >= 0.6 is 0 Å². The highest BCUT2D eigenvalue weighted by molar-refractivity contribution is 5.98. The number of hydrogen-bond acceptors (Lipinski definition) is 6. The molecule has 182 valence electrons. The number of halogens is 6. The molecular formula is C21H20F6N6O. The third-order valence-corrected chi connectivity index (χ3v) is 4.17. The lowest BCUT2D eigenvalue weighted by Crippen LogP contribution is -2.26. The molecule has 2 aromatic carbocycles. The van der Waals surface area contributed by atoms with E-state index in [-0.39, 0.29) is 29.1 Å². The van der Waals surface area contributed by atoms with Crippen LogP contribution < -0.4 is 27.2 Å². The van der Waals surface area contributed by atoms with E-state index in [2.05, 4.69) is 5.32 Å². The molecule has 0 atom stereocenters. The van der Waals surface area contributed by atoms with Gasteiger partial charge in [0.05, 0.1) is 17.1 Å². The van der Waals surface area contributed by atoms with Gasteiger partial charge in [-0.15, -0.1) is 0 Å². The molecule has 0 unspecified atom stereocenters. The first kappa shape index (κ1) is 26.3. The van der Waals surface area contributed by atoms with E-state index in [0.717, 1.165) is 17.1 Å². The van der Waals surface area contributed by atoms with Gasteiger partial charge in [0.15, 0.2) is 0 Å². The van der Waals surface area contributed by atoms with Crippen molar-refractivity contribution < 1.29 is 31.1 Å². The van der Waals surface area contributed by atoms with Crippen LogP contribution in [0.2, 0.25) is 0 Å². The van der Waals surface area contributed by atoms with E-state index in [0.29, 0.717) is 11.3 Å². The molecule has 0 spiro atoms. The van der Waals surface area contributed by atoms with E-state index in [1.54, 1.807) is 24.3 Å². The Labute approximate surface area is 190 Å². The van der Waals surface area contributed by atoms with Gasteiger partial charge in [-0.05, 0) is 36.4 Å². The van der Waals surface area contributed by atoms with E-state index in [1.807, 2.05) is 5.32 Å². The Kier molecular flexibility index (Phi) is 7.95. The second-order valence-corrected chi connectivity index (χ2v) is 6.86. The molecule has 7 nitrogen and oxygen atoms in total. The Hall–Kier alpha value is -4.00. The number of nitrogens with zero attached hydrogens (tertiary/aromatic N) is 1. The maximum absolute atomic E-state index is 13.1. The van der Waals surface area contributed by atoms with E-state index in [4.69, 9.17) is 17.0 Å². The minimum Gasteiger partial charge on any atom is -0.397 e. The van der Waals surface area contributed by atoms with Gasteiger partial charge in [-0.1, -0.05) is 18.2 Å². The smallest absolute Gasteiger partial charge is 0.397 e. The summed E-state index contributed by atoms with van der Waals surface area (Å²) in [5.74, 6) is 5.63. The first-order valence-corrected chi connectivity index (χ1v) is 9.38. The minimum absolute atomic E-state index is 0.169. The number of alkyl halides is 6. The lowest BCUT2D eigenvalue weighted by Gasteiger charge is -2.18. The zero-order valence-corrected chi connectivity index (χ0v) is 17.6. The van der Waals surface area contributed by atoms with Crippen molar-refractivity contribution in [3.63, 3.8) is 0 Å².